The molecule has 0 heterocycles. The van der Waals surface area contributed by atoms with Crippen molar-refractivity contribution in [1.82, 2.24) is 0 Å². The van der Waals surface area contributed by atoms with Gasteiger partial charge in [0.1, 0.15) is 6.61 Å². The van der Waals surface area contributed by atoms with Gasteiger partial charge in [0.15, 0.2) is 0 Å². The summed E-state index contributed by atoms with van der Waals surface area (Å²) in [4.78, 5) is 0. The highest BCUT2D eigenvalue weighted by molar-refractivity contribution is 7.93. The number of rotatable bonds is 4. The predicted molar refractivity (Wildman–Crippen MR) is 51.7 cm³/mol. The lowest BCUT2D eigenvalue weighted by Crippen LogP contribution is -2.36. The highest BCUT2D eigenvalue weighted by Gasteiger charge is 2.48. The monoisotopic (exact) mass is 342 g/mol. The molecular formula is C3H3Cl3F2O6S2. The molecule has 0 amide bonds. The first-order valence-electron chi connectivity index (χ1n) is 3.01. The molecule has 98 valence electrons. The summed E-state index contributed by atoms with van der Waals surface area (Å²) < 4.78 is 75.1. The first-order chi connectivity index (χ1) is 6.71. The van der Waals surface area contributed by atoms with Crippen LogP contribution in [0.2, 0.25) is 0 Å². The normalized spacial score (nSPS) is 15.1. The Kier molecular flexibility index (Phi) is 4.83. The van der Waals surface area contributed by atoms with Crippen LogP contribution >= 0.6 is 34.8 Å². The molecule has 0 bridgehead atoms. The van der Waals surface area contributed by atoms with Gasteiger partial charge in [-0.1, -0.05) is 34.8 Å². The molecule has 0 aromatic heterocycles. The molecule has 0 aliphatic rings. The minimum Gasteiger partial charge on any atom is -0.281 e. The minimum atomic E-state index is -5.82. The lowest BCUT2D eigenvalue weighted by Gasteiger charge is -2.15. The summed E-state index contributed by atoms with van der Waals surface area (Å²) in [5.41, 5.74) is 0. The van der Waals surface area contributed by atoms with Gasteiger partial charge in [0.2, 0.25) is 0 Å². The maximum Gasteiger partial charge on any atom is 0.393 e. The fourth-order valence-corrected chi connectivity index (χ4v) is 1.41. The Bertz CT molecular complexity index is 450. The Labute approximate surface area is 104 Å². The molecule has 0 aliphatic carbocycles. The lowest BCUT2D eigenvalue weighted by molar-refractivity contribution is 0.0312. The second kappa shape index (κ2) is 4.67. The first-order valence-corrected chi connectivity index (χ1v) is 6.99. The topological polar surface area (TPSA) is 97.7 Å². The smallest absolute Gasteiger partial charge is 0.281 e. The average molecular weight is 344 g/mol. The van der Waals surface area contributed by atoms with E-state index in [0.29, 0.717) is 0 Å². The van der Waals surface area contributed by atoms with Gasteiger partial charge in [0.05, 0.1) is 0 Å². The van der Waals surface area contributed by atoms with Gasteiger partial charge >= 0.3 is 28.6 Å². The third kappa shape index (κ3) is 4.09. The summed E-state index contributed by atoms with van der Waals surface area (Å²) in [6.07, 6.45) is 0. The predicted octanol–water partition coefficient (Wildman–Crippen LogP) is 1.14. The van der Waals surface area contributed by atoms with Crippen molar-refractivity contribution < 1.29 is 34.4 Å². The molecule has 0 saturated carbocycles. The van der Waals surface area contributed by atoms with Crippen molar-refractivity contribution in [3.05, 3.63) is 0 Å². The van der Waals surface area contributed by atoms with E-state index in [1.807, 2.05) is 0 Å². The summed E-state index contributed by atoms with van der Waals surface area (Å²) in [7, 11) is -10.9. The molecule has 0 radical (unpaired) electrons. The third-order valence-electron chi connectivity index (χ3n) is 1.04. The molecule has 16 heavy (non-hydrogen) atoms. The van der Waals surface area contributed by atoms with Crippen LogP contribution in [0.4, 0.5) is 8.78 Å². The van der Waals surface area contributed by atoms with Gasteiger partial charge in [0.25, 0.3) is 0 Å². The Morgan fingerprint density at radius 3 is 1.75 bits per heavy atom. The number of halogens is 5. The Hall–Kier alpha value is 0.550. The summed E-state index contributed by atoms with van der Waals surface area (Å²) in [5.74, 6) is 0. The van der Waals surface area contributed by atoms with Crippen LogP contribution in [0.15, 0.2) is 0 Å². The van der Waals surface area contributed by atoms with E-state index < -0.39 is 35.2 Å². The Morgan fingerprint density at radius 1 is 1.12 bits per heavy atom. The van der Waals surface area contributed by atoms with Gasteiger partial charge < -0.3 is 0 Å². The zero-order valence-corrected chi connectivity index (χ0v) is 10.8. The van der Waals surface area contributed by atoms with Crippen LogP contribution in [0.1, 0.15) is 0 Å². The Morgan fingerprint density at radius 2 is 1.50 bits per heavy atom. The molecule has 0 aromatic rings. The molecule has 0 aliphatic heterocycles. The second-order valence-corrected chi connectivity index (χ2v) is 8.53. The quantitative estimate of drug-likeness (QED) is 0.467. The molecule has 0 aromatic carbocycles. The van der Waals surface area contributed by atoms with Crippen LogP contribution in [-0.4, -0.2) is 36.4 Å². The van der Waals surface area contributed by atoms with Gasteiger partial charge in [-0.2, -0.15) is 25.6 Å². The largest absolute Gasteiger partial charge is 0.393 e. The van der Waals surface area contributed by atoms with Crippen molar-refractivity contribution in [2.24, 2.45) is 0 Å². The van der Waals surface area contributed by atoms with Crippen LogP contribution in [0.25, 0.3) is 0 Å². The van der Waals surface area contributed by atoms with Crippen LogP contribution in [0.5, 0.6) is 0 Å². The molecule has 6 nitrogen and oxygen atoms in total. The van der Waals surface area contributed by atoms with Gasteiger partial charge in [-0.15, -0.1) is 0 Å². The minimum absolute atomic E-state index is 2.21. The molecule has 0 unspecified atom stereocenters. The molecule has 0 fully saturated rings. The van der Waals surface area contributed by atoms with Crippen molar-refractivity contribution in [2.45, 2.75) is 8.38 Å². The van der Waals surface area contributed by atoms with Gasteiger partial charge in [0, 0.05) is 0 Å². The van der Waals surface area contributed by atoms with Crippen LogP contribution in [0, 0.1) is 0 Å². The SMILES string of the molecule is O=S(=O)(O)C(F)(F)COS(=O)(=O)C(Cl)(Cl)Cl. The van der Waals surface area contributed by atoms with E-state index in [-0.39, 0.29) is 0 Å². The molecule has 0 saturated heterocycles. The van der Waals surface area contributed by atoms with E-state index in [1.54, 1.807) is 0 Å². The highest BCUT2D eigenvalue weighted by atomic mass is 35.6. The van der Waals surface area contributed by atoms with E-state index in [2.05, 4.69) is 4.18 Å². The maximum absolute atomic E-state index is 12.5. The van der Waals surface area contributed by atoms with Crippen molar-refractivity contribution in [3.63, 3.8) is 0 Å². The number of alkyl halides is 5. The van der Waals surface area contributed by atoms with E-state index in [9.17, 15) is 25.6 Å². The standard InChI is InChI=1S/C3H3Cl3F2O6S2/c4-3(5,6)16(12,13)14-1-2(7,8)15(9,10)11/h1H2,(H,9,10,11). The molecule has 13 heteroatoms. The lowest BCUT2D eigenvalue weighted by atomic mass is 10.8. The average Bonchev–Trinajstić information content (AvgIpc) is 1.97. The van der Waals surface area contributed by atoms with Crippen LogP contribution < -0.4 is 0 Å². The van der Waals surface area contributed by atoms with E-state index >= 15 is 0 Å². The number of hydrogen-bond acceptors (Lipinski definition) is 5. The van der Waals surface area contributed by atoms with Gasteiger partial charge in [-0.05, 0) is 0 Å². The highest BCUT2D eigenvalue weighted by Crippen LogP contribution is 2.35. The second-order valence-electron chi connectivity index (χ2n) is 2.27. The molecule has 0 atom stereocenters. The van der Waals surface area contributed by atoms with E-state index in [0.717, 1.165) is 0 Å². The van der Waals surface area contributed by atoms with E-state index in [4.69, 9.17) is 39.4 Å². The third-order valence-corrected chi connectivity index (χ3v) is 4.61. The van der Waals surface area contributed by atoms with Crippen molar-refractivity contribution in [2.75, 3.05) is 6.61 Å². The zero-order valence-electron chi connectivity index (χ0n) is 6.90. The van der Waals surface area contributed by atoms with E-state index in [1.165, 1.54) is 0 Å². The number of hydrogen-bond donors (Lipinski definition) is 1. The fourth-order valence-electron chi connectivity index (χ4n) is 0.287. The van der Waals surface area contributed by atoms with Gasteiger partial charge in [-0.25, -0.2) is 0 Å². The zero-order chi connectivity index (χ0) is 13.4. The summed E-state index contributed by atoms with van der Waals surface area (Å²) in [6, 6.07) is 0. The van der Waals surface area contributed by atoms with Crippen molar-refractivity contribution in [1.29, 1.82) is 0 Å². The molecule has 0 rings (SSSR count). The van der Waals surface area contributed by atoms with Crippen molar-refractivity contribution in [3.8, 4) is 0 Å². The molecular weight excluding hydrogens is 341 g/mol. The van der Waals surface area contributed by atoms with Crippen LogP contribution in [-0.2, 0) is 24.4 Å². The van der Waals surface area contributed by atoms with Crippen molar-refractivity contribution >= 4 is 55.0 Å². The first kappa shape index (κ1) is 16.6. The van der Waals surface area contributed by atoms with Crippen LogP contribution in [0.3, 0.4) is 0 Å². The summed E-state index contributed by atoms with van der Waals surface area (Å²) >= 11 is 14.5. The molecule has 0 spiro atoms. The fraction of sp³-hybridized carbons (Fsp3) is 1.00. The summed E-state index contributed by atoms with van der Waals surface area (Å²) in [5, 5.41) is -4.84. The maximum atomic E-state index is 12.5. The Balaban J connectivity index is 4.87. The molecule has 1 N–H and O–H groups in total. The summed E-state index contributed by atoms with van der Waals surface area (Å²) in [6.45, 7) is -2.21. The van der Waals surface area contributed by atoms with Gasteiger partial charge in [-0.3, -0.25) is 8.74 Å².